The number of carbonyl (C=O) groups excluding carboxylic acids is 2. The number of likely N-dealkylation sites (N-methyl/N-ethyl adjacent to an activating group) is 2. The fraction of sp³-hybridized carbons (Fsp3) is 0.386. The first-order valence-corrected chi connectivity index (χ1v) is 22.3. The Labute approximate surface area is 358 Å². The molecule has 0 aliphatic carbocycles. The van der Waals surface area contributed by atoms with E-state index in [2.05, 4.69) is 26.0 Å². The topological polar surface area (TPSA) is 188 Å². The molecular weight excluding hydrogens is 815 g/mol. The highest BCUT2D eigenvalue weighted by Crippen LogP contribution is 2.45. The maximum absolute atomic E-state index is 13.3. The summed E-state index contributed by atoms with van der Waals surface area (Å²) >= 11 is 0. The normalized spacial score (nSPS) is 19.1. The van der Waals surface area contributed by atoms with E-state index in [4.69, 9.17) is 19.2 Å². The van der Waals surface area contributed by atoms with E-state index in [9.17, 15) is 22.8 Å². The Morgan fingerprint density at radius 1 is 0.903 bits per heavy atom. The average Bonchev–Trinajstić information content (AvgIpc) is 3.98. The van der Waals surface area contributed by atoms with Gasteiger partial charge in [-0.2, -0.15) is 9.40 Å². The molecule has 6 aromatic rings. The number of rotatable bonds is 8. The number of hydrogen-bond donors (Lipinski definition) is 2. The molecule has 2 saturated heterocycles. The van der Waals surface area contributed by atoms with Gasteiger partial charge in [0.1, 0.15) is 23.1 Å². The van der Waals surface area contributed by atoms with Gasteiger partial charge < -0.3 is 38.9 Å². The van der Waals surface area contributed by atoms with Crippen LogP contribution in [0.3, 0.4) is 0 Å². The van der Waals surface area contributed by atoms with E-state index in [0.29, 0.717) is 79.5 Å². The minimum Gasteiger partial charge on any atom is -0.493 e. The van der Waals surface area contributed by atoms with Gasteiger partial charge in [-0.1, -0.05) is 37.6 Å². The molecule has 18 heteroatoms. The second-order valence-corrected chi connectivity index (χ2v) is 18.0. The Kier molecular flexibility index (Phi) is 10.8. The number of H-pyrrole nitrogens is 2. The largest absolute Gasteiger partial charge is 0.493 e. The van der Waals surface area contributed by atoms with Crippen molar-refractivity contribution in [2.75, 3.05) is 60.2 Å². The van der Waals surface area contributed by atoms with Gasteiger partial charge >= 0.3 is 0 Å². The van der Waals surface area contributed by atoms with Crippen LogP contribution in [0.1, 0.15) is 48.8 Å². The van der Waals surface area contributed by atoms with Gasteiger partial charge in [-0.15, -0.1) is 0 Å². The number of hydrogen-bond acceptors (Lipinski definition) is 11. The average molecular weight is 864 g/mol. The third-order valence-corrected chi connectivity index (χ3v) is 13.9. The van der Waals surface area contributed by atoms with Gasteiger partial charge in [0.05, 0.1) is 35.3 Å². The molecule has 0 saturated carbocycles. The van der Waals surface area contributed by atoms with E-state index in [-0.39, 0.29) is 47.5 Å². The van der Waals surface area contributed by atoms with Crippen LogP contribution in [-0.2, 0) is 39.5 Å². The summed E-state index contributed by atoms with van der Waals surface area (Å²) in [5.41, 5.74) is 5.72. The molecule has 0 bridgehead atoms. The van der Waals surface area contributed by atoms with Crippen LogP contribution >= 0.6 is 0 Å². The molecule has 3 aromatic carbocycles. The number of para-hydroxylation sites is 1. The molecule has 0 radical (unpaired) electrons. The number of amides is 2. The summed E-state index contributed by atoms with van der Waals surface area (Å²) < 4.78 is 46.5. The maximum Gasteiger partial charge on any atom is 0.277 e. The third kappa shape index (κ3) is 7.14. The minimum absolute atomic E-state index is 0.0220. The second kappa shape index (κ2) is 16.2. The van der Waals surface area contributed by atoms with E-state index >= 15 is 0 Å². The lowest BCUT2D eigenvalue weighted by atomic mass is 9.86. The monoisotopic (exact) mass is 863 g/mol. The van der Waals surface area contributed by atoms with Crippen molar-refractivity contribution in [2.24, 2.45) is 7.05 Å². The highest BCUT2D eigenvalue weighted by Gasteiger charge is 2.47. The molecule has 62 heavy (non-hydrogen) atoms. The van der Waals surface area contributed by atoms with Gasteiger partial charge in [0.15, 0.2) is 17.0 Å². The van der Waals surface area contributed by atoms with Crippen molar-refractivity contribution >= 4 is 43.8 Å². The van der Waals surface area contributed by atoms with Gasteiger partial charge in [-0.05, 0) is 67.9 Å². The Morgan fingerprint density at radius 3 is 2.45 bits per heavy atom. The summed E-state index contributed by atoms with van der Waals surface area (Å²) in [5, 5.41) is 5.55. The number of aromatic nitrogens is 5. The first-order valence-electron chi connectivity index (χ1n) is 20.8. The van der Waals surface area contributed by atoms with Crippen LogP contribution in [0.15, 0.2) is 70.4 Å². The van der Waals surface area contributed by atoms with Crippen molar-refractivity contribution in [3.05, 3.63) is 93.5 Å². The second-order valence-electron chi connectivity index (χ2n) is 16.0. The summed E-state index contributed by atoms with van der Waals surface area (Å²) in [7, 11) is 1.68. The molecule has 7 heterocycles. The third-order valence-electron chi connectivity index (χ3n) is 12.0. The van der Waals surface area contributed by atoms with E-state index in [1.807, 2.05) is 57.3 Å². The molecule has 2 atom stereocenters. The lowest BCUT2D eigenvalue weighted by molar-refractivity contribution is -0.157. The Morgan fingerprint density at radius 2 is 1.68 bits per heavy atom. The standard InChI is InChI=1S/C22H30N6O4S.C22H19N3O4/c1-5-7-17-19-20(27(4)25-17)22(29)24-21(23-19)16-14-15(8-9-18(16)32-6-2)33(30,31)28-12-10-26(3)11-13-28;1-24-10-19(26)25-16(22(24)27)9-14-13-4-2-3-5-15(13)23-20(14)21(25)12-6-7-17-18(8-12)29-11-28-17/h8-9,14H,5-7,10-13H2,1-4H3,(H,23,24,29);2-8,16,21,23H,9-11H2,1H3/t;16-,21-/m.1/s1. The highest BCUT2D eigenvalue weighted by molar-refractivity contribution is 7.89. The van der Waals surface area contributed by atoms with Crippen LogP contribution in [0.2, 0.25) is 0 Å². The van der Waals surface area contributed by atoms with Crippen LogP contribution in [0.25, 0.3) is 33.3 Å². The van der Waals surface area contributed by atoms with Crippen molar-refractivity contribution in [1.29, 1.82) is 0 Å². The number of ether oxygens (including phenoxy) is 3. The summed E-state index contributed by atoms with van der Waals surface area (Å²) in [5.74, 6) is 2.00. The number of nitrogens with one attached hydrogen (secondary N) is 2. The van der Waals surface area contributed by atoms with Crippen molar-refractivity contribution in [3.8, 4) is 28.6 Å². The number of sulfonamides is 1. The van der Waals surface area contributed by atoms with Crippen molar-refractivity contribution in [3.63, 3.8) is 0 Å². The predicted octanol–water partition coefficient (Wildman–Crippen LogP) is 3.82. The summed E-state index contributed by atoms with van der Waals surface area (Å²) in [6, 6.07) is 17.6. The molecule has 324 valence electrons. The number of piperazine rings is 2. The molecule has 10 rings (SSSR count). The van der Waals surface area contributed by atoms with Crippen molar-refractivity contribution in [1.82, 2.24) is 43.7 Å². The molecule has 4 aliphatic rings. The van der Waals surface area contributed by atoms with Gasteiger partial charge in [0, 0.05) is 63.3 Å². The molecule has 2 amide bonds. The fourth-order valence-corrected chi connectivity index (χ4v) is 10.4. The maximum atomic E-state index is 13.3. The summed E-state index contributed by atoms with van der Waals surface area (Å²) in [6.07, 6.45) is 2.05. The SMILES string of the molecule is CCCc1nn(C)c2c(=O)[nH]c(-c3cc(S(=O)(=O)N4CCN(C)CC4)ccc3OCC)nc12.CN1CC(=O)N2[C@H](c3ccc4c(c3)OCO4)c3[nH]c4ccccc4c3C[C@@H]2C1=O. The number of aromatic amines is 2. The summed E-state index contributed by atoms with van der Waals surface area (Å²) in [4.78, 5) is 55.6. The number of carbonyl (C=O) groups is 2. The van der Waals surface area contributed by atoms with Gasteiger partial charge in [0.25, 0.3) is 5.56 Å². The number of fused-ring (bicyclic) bond motifs is 6. The van der Waals surface area contributed by atoms with Gasteiger partial charge in [-0.3, -0.25) is 19.1 Å². The van der Waals surface area contributed by atoms with Crippen LogP contribution in [-0.4, -0.2) is 130 Å². The molecule has 4 aliphatic heterocycles. The van der Waals surface area contributed by atoms with E-state index in [0.717, 1.165) is 39.8 Å². The Bertz CT molecular complexity index is 2900. The minimum atomic E-state index is -3.70. The molecule has 2 fully saturated rings. The van der Waals surface area contributed by atoms with E-state index in [1.165, 1.54) is 13.9 Å². The van der Waals surface area contributed by atoms with Gasteiger partial charge in [-0.25, -0.2) is 13.4 Å². The first kappa shape index (κ1) is 41.1. The lowest BCUT2D eigenvalue weighted by Crippen LogP contribution is -2.62. The molecule has 3 aromatic heterocycles. The smallest absolute Gasteiger partial charge is 0.277 e. The first-order chi connectivity index (χ1) is 29.9. The lowest BCUT2D eigenvalue weighted by Gasteiger charge is -2.46. The zero-order chi connectivity index (χ0) is 43.4. The fourth-order valence-electron chi connectivity index (χ4n) is 8.93. The molecule has 2 N–H and O–H groups in total. The summed E-state index contributed by atoms with van der Waals surface area (Å²) in [6.45, 7) is 6.76. The molecular formula is C44H49N9O8S. The number of nitrogens with zero attached hydrogens (tertiary/aromatic N) is 7. The zero-order valence-electron chi connectivity index (χ0n) is 35.3. The van der Waals surface area contributed by atoms with Gasteiger partial charge in [0.2, 0.25) is 28.6 Å². The Hall–Kier alpha value is -6.24. The molecule has 0 spiro atoms. The predicted molar refractivity (Wildman–Crippen MR) is 231 cm³/mol. The van der Waals surface area contributed by atoms with E-state index in [1.54, 1.807) is 37.2 Å². The molecule has 0 unspecified atom stereocenters. The molecule has 17 nitrogen and oxygen atoms in total. The highest BCUT2D eigenvalue weighted by atomic mass is 32.2. The zero-order valence-corrected chi connectivity index (χ0v) is 36.1. The van der Waals surface area contributed by atoms with Crippen molar-refractivity contribution < 1.29 is 32.2 Å². The van der Waals surface area contributed by atoms with Crippen LogP contribution < -0.4 is 19.8 Å². The van der Waals surface area contributed by atoms with Crippen molar-refractivity contribution in [2.45, 2.75) is 50.1 Å². The van der Waals surface area contributed by atoms with Crippen LogP contribution in [0.5, 0.6) is 17.2 Å². The number of aryl methyl sites for hydroxylation is 2. The van der Waals surface area contributed by atoms with Crippen LogP contribution in [0, 0.1) is 0 Å². The van der Waals surface area contributed by atoms with Crippen LogP contribution in [0.4, 0.5) is 0 Å². The number of benzene rings is 3. The Balaban J connectivity index is 0.000000159. The van der Waals surface area contributed by atoms with E-state index < -0.39 is 16.1 Å². The quantitative estimate of drug-likeness (QED) is 0.227.